The number of amides is 2. The molecule has 1 aromatic carbocycles. The lowest BCUT2D eigenvalue weighted by atomic mass is 9.88. The highest BCUT2D eigenvalue weighted by atomic mass is 16.6. The van der Waals surface area contributed by atoms with Crippen molar-refractivity contribution in [3.63, 3.8) is 0 Å². The van der Waals surface area contributed by atoms with Crippen molar-refractivity contribution in [3.05, 3.63) is 63.1 Å². The van der Waals surface area contributed by atoms with E-state index in [0.29, 0.717) is 12.1 Å². The van der Waals surface area contributed by atoms with Crippen molar-refractivity contribution in [3.8, 4) is 0 Å². The molecule has 2 N–H and O–H groups in total. The van der Waals surface area contributed by atoms with E-state index in [1.54, 1.807) is 24.0 Å². The van der Waals surface area contributed by atoms with Gasteiger partial charge in [0, 0.05) is 11.7 Å². The predicted molar refractivity (Wildman–Crippen MR) is 125 cm³/mol. The first-order chi connectivity index (χ1) is 15.0. The molecule has 0 radical (unpaired) electrons. The molecule has 7 heteroatoms. The molecular formula is C25H33N3O4. The standard InChI is InChI=1S/C25H33N3O4/c1-7-8-17-14-20(27-23(30)18-11-10-16(3)26-22(18)29)19-13-15(2)9-12-21(19)28(17)24(31)32-25(4,5)6/h9-13,17,20H,7-8,14H2,1-6H3,(H,26,29)(H,27,30). The first-order valence-electron chi connectivity index (χ1n) is 11.1. The molecule has 3 rings (SSSR count). The van der Waals surface area contributed by atoms with Crippen molar-refractivity contribution in [2.24, 2.45) is 0 Å². The molecule has 1 aromatic heterocycles. The summed E-state index contributed by atoms with van der Waals surface area (Å²) in [6.07, 6.45) is 1.80. The number of aromatic nitrogens is 1. The highest BCUT2D eigenvalue weighted by Crippen LogP contribution is 2.40. The summed E-state index contributed by atoms with van der Waals surface area (Å²) >= 11 is 0. The van der Waals surface area contributed by atoms with Gasteiger partial charge < -0.3 is 15.0 Å². The molecule has 1 aliphatic heterocycles. The molecular weight excluding hydrogens is 406 g/mol. The Morgan fingerprint density at radius 1 is 1.19 bits per heavy atom. The molecule has 0 fully saturated rings. The number of ether oxygens (including phenoxy) is 1. The number of aryl methyl sites for hydroxylation is 2. The minimum Gasteiger partial charge on any atom is -0.443 e. The molecule has 0 bridgehead atoms. The Hall–Kier alpha value is -3.09. The summed E-state index contributed by atoms with van der Waals surface area (Å²) < 4.78 is 5.71. The second-order valence-corrected chi connectivity index (χ2v) is 9.50. The number of carbonyl (C=O) groups excluding carboxylic acids is 2. The van der Waals surface area contributed by atoms with Gasteiger partial charge in [-0.1, -0.05) is 31.0 Å². The number of carbonyl (C=O) groups is 2. The summed E-state index contributed by atoms with van der Waals surface area (Å²) in [7, 11) is 0. The Labute approximate surface area is 189 Å². The minimum atomic E-state index is -0.615. The fraction of sp³-hybridized carbons (Fsp3) is 0.480. The van der Waals surface area contributed by atoms with Crippen molar-refractivity contribution >= 4 is 17.7 Å². The molecule has 2 unspecified atom stereocenters. The Morgan fingerprint density at radius 2 is 1.91 bits per heavy atom. The van der Waals surface area contributed by atoms with Gasteiger partial charge in [-0.15, -0.1) is 0 Å². The number of H-pyrrole nitrogens is 1. The molecule has 172 valence electrons. The number of nitrogens with one attached hydrogen (secondary N) is 2. The maximum Gasteiger partial charge on any atom is 0.415 e. The molecule has 1 aliphatic rings. The number of benzene rings is 1. The van der Waals surface area contributed by atoms with Crippen LogP contribution in [0.2, 0.25) is 0 Å². The lowest BCUT2D eigenvalue weighted by Crippen LogP contribution is -2.49. The van der Waals surface area contributed by atoms with Crippen LogP contribution in [0.15, 0.2) is 35.1 Å². The fourth-order valence-electron chi connectivity index (χ4n) is 4.14. The summed E-state index contributed by atoms with van der Waals surface area (Å²) in [6, 6.07) is 8.64. The fourth-order valence-corrected chi connectivity index (χ4v) is 4.14. The number of nitrogens with zero attached hydrogens (tertiary/aromatic N) is 1. The maximum absolute atomic E-state index is 13.1. The van der Waals surface area contributed by atoms with Gasteiger partial charge in [0.1, 0.15) is 11.2 Å². The van der Waals surface area contributed by atoms with Crippen LogP contribution in [0.3, 0.4) is 0 Å². The van der Waals surface area contributed by atoms with Crippen LogP contribution in [-0.2, 0) is 4.74 Å². The van der Waals surface area contributed by atoms with Gasteiger partial charge >= 0.3 is 6.09 Å². The van der Waals surface area contributed by atoms with Crippen molar-refractivity contribution in [2.45, 2.75) is 78.5 Å². The van der Waals surface area contributed by atoms with Crippen LogP contribution in [0.4, 0.5) is 10.5 Å². The summed E-state index contributed by atoms with van der Waals surface area (Å²) in [5.74, 6) is -0.426. The maximum atomic E-state index is 13.1. The quantitative estimate of drug-likeness (QED) is 0.717. The number of aromatic amines is 1. The topological polar surface area (TPSA) is 91.5 Å². The molecule has 0 saturated carbocycles. The average molecular weight is 440 g/mol. The normalized spacial score (nSPS) is 18.1. The summed E-state index contributed by atoms with van der Waals surface area (Å²) in [5.41, 5.74) is 2.35. The van der Waals surface area contributed by atoms with Gasteiger partial charge in [0.05, 0.1) is 11.7 Å². The van der Waals surface area contributed by atoms with Crippen LogP contribution in [0.5, 0.6) is 0 Å². The highest BCUT2D eigenvalue weighted by Gasteiger charge is 2.38. The third-order valence-corrected chi connectivity index (χ3v) is 5.51. The predicted octanol–water partition coefficient (Wildman–Crippen LogP) is 4.78. The van der Waals surface area contributed by atoms with Gasteiger partial charge in [-0.3, -0.25) is 14.5 Å². The van der Waals surface area contributed by atoms with Gasteiger partial charge in [-0.05, 0) is 71.2 Å². The zero-order valence-electron chi connectivity index (χ0n) is 19.7. The summed E-state index contributed by atoms with van der Waals surface area (Å²) in [4.78, 5) is 42.8. The second-order valence-electron chi connectivity index (χ2n) is 9.50. The summed E-state index contributed by atoms with van der Waals surface area (Å²) in [6.45, 7) is 11.4. The van der Waals surface area contributed by atoms with Crippen LogP contribution in [0.25, 0.3) is 0 Å². The smallest absolute Gasteiger partial charge is 0.415 e. The highest BCUT2D eigenvalue weighted by molar-refractivity contribution is 5.95. The SMILES string of the molecule is CCCC1CC(NC(=O)c2ccc(C)[nH]c2=O)c2cc(C)ccc2N1C(=O)OC(C)(C)C. The van der Waals surface area contributed by atoms with E-state index in [1.807, 2.05) is 45.9 Å². The van der Waals surface area contributed by atoms with E-state index in [1.165, 1.54) is 0 Å². The van der Waals surface area contributed by atoms with Crippen LogP contribution in [-0.4, -0.2) is 28.6 Å². The van der Waals surface area contributed by atoms with E-state index in [0.717, 1.165) is 29.7 Å². The van der Waals surface area contributed by atoms with E-state index in [2.05, 4.69) is 17.2 Å². The van der Waals surface area contributed by atoms with Crippen LogP contribution < -0.4 is 15.8 Å². The third kappa shape index (κ3) is 5.21. The largest absolute Gasteiger partial charge is 0.443 e. The van der Waals surface area contributed by atoms with Crippen molar-refractivity contribution < 1.29 is 14.3 Å². The zero-order valence-corrected chi connectivity index (χ0v) is 19.7. The second kappa shape index (κ2) is 9.18. The Bertz CT molecular complexity index is 1070. The lowest BCUT2D eigenvalue weighted by Gasteiger charge is -2.41. The number of hydrogen-bond donors (Lipinski definition) is 2. The van der Waals surface area contributed by atoms with Crippen molar-refractivity contribution in [2.75, 3.05) is 4.90 Å². The third-order valence-electron chi connectivity index (χ3n) is 5.51. The Morgan fingerprint density at radius 3 is 2.53 bits per heavy atom. The molecule has 2 heterocycles. The first kappa shape index (κ1) is 23.6. The molecule has 2 atom stereocenters. The molecule has 0 saturated heterocycles. The Kier molecular flexibility index (Phi) is 6.77. The van der Waals surface area contributed by atoms with Gasteiger partial charge in [0.15, 0.2) is 0 Å². The van der Waals surface area contributed by atoms with E-state index in [-0.39, 0.29) is 23.7 Å². The van der Waals surface area contributed by atoms with E-state index in [9.17, 15) is 14.4 Å². The van der Waals surface area contributed by atoms with E-state index >= 15 is 0 Å². The number of rotatable bonds is 4. The van der Waals surface area contributed by atoms with E-state index in [4.69, 9.17) is 4.74 Å². The van der Waals surface area contributed by atoms with Crippen LogP contribution >= 0.6 is 0 Å². The van der Waals surface area contributed by atoms with Crippen LogP contribution in [0, 0.1) is 13.8 Å². The Balaban J connectivity index is 1.99. The lowest BCUT2D eigenvalue weighted by molar-refractivity contribution is 0.0555. The minimum absolute atomic E-state index is 0.0754. The van der Waals surface area contributed by atoms with Gasteiger partial charge in [0.25, 0.3) is 11.5 Å². The zero-order chi connectivity index (χ0) is 23.6. The van der Waals surface area contributed by atoms with Gasteiger partial charge in [-0.2, -0.15) is 0 Å². The molecule has 32 heavy (non-hydrogen) atoms. The average Bonchev–Trinajstić information content (AvgIpc) is 2.67. The van der Waals surface area contributed by atoms with Crippen LogP contribution in [0.1, 0.15) is 80.2 Å². The molecule has 7 nitrogen and oxygen atoms in total. The molecule has 2 amide bonds. The van der Waals surface area contributed by atoms with E-state index < -0.39 is 17.1 Å². The van der Waals surface area contributed by atoms with Crippen molar-refractivity contribution in [1.82, 2.24) is 10.3 Å². The van der Waals surface area contributed by atoms with Gasteiger partial charge in [-0.25, -0.2) is 4.79 Å². The van der Waals surface area contributed by atoms with Crippen molar-refractivity contribution in [1.29, 1.82) is 0 Å². The number of hydrogen-bond acceptors (Lipinski definition) is 4. The first-order valence-corrected chi connectivity index (χ1v) is 11.1. The number of fused-ring (bicyclic) bond motifs is 1. The molecule has 2 aromatic rings. The van der Waals surface area contributed by atoms with Gasteiger partial charge in [0.2, 0.25) is 0 Å². The molecule has 0 aliphatic carbocycles. The number of pyridine rings is 1. The monoisotopic (exact) mass is 439 g/mol. The summed E-state index contributed by atoms with van der Waals surface area (Å²) in [5, 5.41) is 3.04. The number of anilines is 1. The molecule has 0 spiro atoms.